The van der Waals surface area contributed by atoms with Crippen LogP contribution in [-0.2, 0) is 4.79 Å². The maximum Gasteiger partial charge on any atom is 0.343 e. The zero-order chi connectivity index (χ0) is 15.9. The van der Waals surface area contributed by atoms with E-state index in [-0.39, 0.29) is 5.91 Å². The van der Waals surface area contributed by atoms with E-state index in [1.807, 2.05) is 6.07 Å². The van der Waals surface area contributed by atoms with Crippen LogP contribution in [0.15, 0.2) is 54.6 Å². The maximum absolute atomic E-state index is 12.0. The summed E-state index contributed by atoms with van der Waals surface area (Å²) < 4.78 is 5.27. The van der Waals surface area contributed by atoms with E-state index in [0.29, 0.717) is 23.2 Å². The van der Waals surface area contributed by atoms with Crippen LogP contribution in [0.3, 0.4) is 0 Å². The van der Waals surface area contributed by atoms with E-state index < -0.39 is 5.97 Å². The van der Waals surface area contributed by atoms with Crippen LogP contribution >= 0.6 is 15.9 Å². The van der Waals surface area contributed by atoms with E-state index in [9.17, 15) is 9.59 Å². The molecule has 0 atom stereocenters. The summed E-state index contributed by atoms with van der Waals surface area (Å²) in [6, 6.07) is 15.7. The minimum atomic E-state index is -0.424. The van der Waals surface area contributed by atoms with Gasteiger partial charge in [-0.2, -0.15) is 0 Å². The van der Waals surface area contributed by atoms with Crippen LogP contribution in [0, 0.1) is 0 Å². The summed E-state index contributed by atoms with van der Waals surface area (Å²) in [5.74, 6) is 0.0351. The number of carbonyl (C=O) groups is 2. The van der Waals surface area contributed by atoms with Crippen LogP contribution < -0.4 is 9.64 Å². The standard InChI is InChI=1S/C17H16BrNO3/c1-13(20)19(12-11-18)15-9-7-14(8-10-15)17(21)22-16-5-3-2-4-6-16/h2-10H,11-12H2,1H3. The van der Waals surface area contributed by atoms with Gasteiger partial charge in [-0.15, -0.1) is 0 Å². The van der Waals surface area contributed by atoms with Gasteiger partial charge in [0.2, 0.25) is 5.91 Å². The SMILES string of the molecule is CC(=O)N(CCBr)c1ccc(C(=O)Oc2ccccc2)cc1. The Labute approximate surface area is 137 Å². The highest BCUT2D eigenvalue weighted by Gasteiger charge is 2.13. The van der Waals surface area contributed by atoms with Gasteiger partial charge >= 0.3 is 5.97 Å². The fraction of sp³-hybridized carbons (Fsp3) is 0.176. The molecule has 0 fully saturated rings. The lowest BCUT2D eigenvalue weighted by Crippen LogP contribution is -2.30. The number of ether oxygens (including phenoxy) is 1. The molecule has 5 heteroatoms. The van der Waals surface area contributed by atoms with Crippen LogP contribution in [0.1, 0.15) is 17.3 Å². The summed E-state index contributed by atoms with van der Waals surface area (Å²) in [6.45, 7) is 2.09. The number of carbonyl (C=O) groups excluding carboxylic acids is 2. The number of hydrogen-bond acceptors (Lipinski definition) is 3. The zero-order valence-corrected chi connectivity index (χ0v) is 13.7. The summed E-state index contributed by atoms with van der Waals surface area (Å²) in [5.41, 5.74) is 1.19. The highest BCUT2D eigenvalue weighted by molar-refractivity contribution is 9.09. The Morgan fingerprint density at radius 2 is 1.68 bits per heavy atom. The first-order valence-electron chi connectivity index (χ1n) is 6.83. The molecule has 4 nitrogen and oxygen atoms in total. The van der Waals surface area contributed by atoms with Gasteiger partial charge < -0.3 is 9.64 Å². The molecule has 0 saturated carbocycles. The second kappa shape index (κ2) is 7.75. The fourth-order valence-electron chi connectivity index (χ4n) is 1.98. The van der Waals surface area contributed by atoms with E-state index in [0.717, 1.165) is 5.69 Å². The lowest BCUT2D eigenvalue weighted by Gasteiger charge is -2.20. The van der Waals surface area contributed by atoms with Gasteiger partial charge in [0.05, 0.1) is 5.56 Å². The molecule has 0 aliphatic rings. The van der Waals surface area contributed by atoms with Gasteiger partial charge in [0.1, 0.15) is 5.75 Å². The summed E-state index contributed by atoms with van der Waals surface area (Å²) in [6.07, 6.45) is 0. The van der Waals surface area contributed by atoms with Crippen molar-refractivity contribution in [3.8, 4) is 5.75 Å². The molecule has 0 spiro atoms. The van der Waals surface area contributed by atoms with Crippen molar-refractivity contribution in [1.29, 1.82) is 0 Å². The van der Waals surface area contributed by atoms with Crippen LogP contribution in [0.25, 0.3) is 0 Å². The first-order chi connectivity index (χ1) is 10.6. The van der Waals surface area contributed by atoms with Gasteiger partial charge in [-0.25, -0.2) is 4.79 Å². The Balaban J connectivity index is 2.11. The number of para-hydroxylation sites is 1. The van der Waals surface area contributed by atoms with Gasteiger partial charge in [0.15, 0.2) is 0 Å². The number of hydrogen-bond donors (Lipinski definition) is 0. The molecule has 2 aromatic carbocycles. The van der Waals surface area contributed by atoms with Crippen LogP contribution in [0.5, 0.6) is 5.75 Å². The van der Waals surface area contributed by atoms with E-state index in [1.165, 1.54) is 6.92 Å². The third-order valence-electron chi connectivity index (χ3n) is 3.06. The fourth-order valence-corrected chi connectivity index (χ4v) is 2.34. The number of amides is 1. The monoisotopic (exact) mass is 361 g/mol. The minimum absolute atomic E-state index is 0.0425. The molecule has 22 heavy (non-hydrogen) atoms. The molecule has 0 saturated heterocycles. The smallest absolute Gasteiger partial charge is 0.343 e. The molecule has 2 rings (SSSR count). The van der Waals surface area contributed by atoms with Crippen molar-refractivity contribution in [3.63, 3.8) is 0 Å². The molecule has 2 aromatic rings. The number of alkyl halides is 1. The molecule has 0 unspecified atom stereocenters. The Morgan fingerprint density at radius 3 is 2.23 bits per heavy atom. The summed E-state index contributed by atoms with van der Waals surface area (Å²) >= 11 is 3.32. The van der Waals surface area contributed by atoms with Gasteiger partial charge in [0, 0.05) is 24.5 Å². The third-order valence-corrected chi connectivity index (χ3v) is 3.41. The number of halogens is 1. The molecule has 0 aromatic heterocycles. The van der Waals surface area contributed by atoms with Crippen LogP contribution in [0.4, 0.5) is 5.69 Å². The van der Waals surface area contributed by atoms with E-state index >= 15 is 0 Å². The molecule has 0 aliphatic carbocycles. The number of nitrogens with zero attached hydrogens (tertiary/aromatic N) is 1. The number of rotatable bonds is 5. The minimum Gasteiger partial charge on any atom is -0.423 e. The molecule has 0 radical (unpaired) electrons. The lowest BCUT2D eigenvalue weighted by atomic mass is 10.2. The molecule has 0 heterocycles. The molecule has 0 N–H and O–H groups in total. The predicted octanol–water partition coefficient (Wildman–Crippen LogP) is 3.65. The summed E-state index contributed by atoms with van der Waals surface area (Å²) in [7, 11) is 0. The summed E-state index contributed by atoms with van der Waals surface area (Å²) in [4.78, 5) is 25.3. The lowest BCUT2D eigenvalue weighted by molar-refractivity contribution is -0.116. The van der Waals surface area contributed by atoms with E-state index in [1.54, 1.807) is 53.4 Å². The van der Waals surface area contributed by atoms with Gasteiger partial charge in [-0.3, -0.25) is 4.79 Å². The number of benzene rings is 2. The van der Waals surface area contributed by atoms with Crippen molar-refractivity contribution >= 4 is 33.5 Å². The van der Waals surface area contributed by atoms with E-state index in [2.05, 4.69) is 15.9 Å². The van der Waals surface area contributed by atoms with Crippen LogP contribution in [0.2, 0.25) is 0 Å². The quantitative estimate of drug-likeness (QED) is 0.463. The second-order valence-corrected chi connectivity index (χ2v) is 5.40. The molecule has 114 valence electrons. The van der Waals surface area contributed by atoms with Crippen molar-refractivity contribution < 1.29 is 14.3 Å². The van der Waals surface area contributed by atoms with Crippen molar-refractivity contribution in [2.75, 3.05) is 16.8 Å². The number of esters is 1. The highest BCUT2D eigenvalue weighted by Crippen LogP contribution is 2.17. The maximum atomic E-state index is 12.0. The van der Waals surface area contributed by atoms with Crippen molar-refractivity contribution in [3.05, 3.63) is 60.2 Å². The molecule has 1 amide bonds. The van der Waals surface area contributed by atoms with Crippen LogP contribution in [-0.4, -0.2) is 23.8 Å². The highest BCUT2D eigenvalue weighted by atomic mass is 79.9. The topological polar surface area (TPSA) is 46.6 Å². The Bertz CT molecular complexity index is 641. The van der Waals surface area contributed by atoms with Crippen molar-refractivity contribution in [2.24, 2.45) is 0 Å². The Hall–Kier alpha value is -2.14. The normalized spacial score (nSPS) is 10.1. The van der Waals surface area contributed by atoms with E-state index in [4.69, 9.17) is 4.74 Å². The molecule has 0 aliphatic heterocycles. The third kappa shape index (κ3) is 4.18. The number of anilines is 1. The van der Waals surface area contributed by atoms with Crippen molar-refractivity contribution in [1.82, 2.24) is 0 Å². The zero-order valence-electron chi connectivity index (χ0n) is 12.2. The average molecular weight is 362 g/mol. The largest absolute Gasteiger partial charge is 0.423 e. The molecule has 0 bridgehead atoms. The van der Waals surface area contributed by atoms with Gasteiger partial charge in [-0.1, -0.05) is 34.1 Å². The average Bonchev–Trinajstić information content (AvgIpc) is 2.53. The Morgan fingerprint density at radius 1 is 1.05 bits per heavy atom. The van der Waals surface area contributed by atoms with Gasteiger partial charge in [-0.05, 0) is 36.4 Å². The molecular formula is C17H16BrNO3. The Kier molecular flexibility index (Phi) is 5.72. The van der Waals surface area contributed by atoms with Gasteiger partial charge in [0.25, 0.3) is 0 Å². The second-order valence-electron chi connectivity index (χ2n) is 4.61. The van der Waals surface area contributed by atoms with Crippen molar-refractivity contribution in [2.45, 2.75) is 6.92 Å². The first kappa shape index (κ1) is 16.2. The molecular weight excluding hydrogens is 346 g/mol. The predicted molar refractivity (Wildman–Crippen MR) is 89.7 cm³/mol. The summed E-state index contributed by atoms with van der Waals surface area (Å²) in [5, 5.41) is 0.685. The first-order valence-corrected chi connectivity index (χ1v) is 7.95.